The van der Waals surface area contributed by atoms with Crippen molar-refractivity contribution in [3.63, 3.8) is 0 Å². The summed E-state index contributed by atoms with van der Waals surface area (Å²) in [5, 5.41) is 7.77. The van der Waals surface area contributed by atoms with Crippen LogP contribution in [0.15, 0.2) is 41.1 Å². The first-order chi connectivity index (χ1) is 10.9. The van der Waals surface area contributed by atoms with E-state index in [0.29, 0.717) is 17.3 Å². The van der Waals surface area contributed by atoms with Crippen molar-refractivity contribution in [2.45, 2.75) is 18.4 Å². The van der Waals surface area contributed by atoms with Crippen LogP contribution in [0.1, 0.15) is 17.4 Å². The van der Waals surface area contributed by atoms with Crippen LogP contribution in [0.5, 0.6) is 0 Å². The Labute approximate surface area is 131 Å². The lowest BCUT2D eigenvalue weighted by atomic mass is 10.3. The Hall–Kier alpha value is -2.55. The smallest absolute Gasteiger partial charge is 0.223 e. The van der Waals surface area contributed by atoms with Gasteiger partial charge in [0, 0.05) is 13.1 Å². The van der Waals surface area contributed by atoms with Crippen molar-refractivity contribution in [3.8, 4) is 5.69 Å². The first-order valence-electron chi connectivity index (χ1n) is 6.71. The van der Waals surface area contributed by atoms with Crippen LogP contribution in [-0.4, -0.2) is 28.3 Å². The fraction of sp³-hybridized carbons (Fsp3) is 0.214. The minimum Gasteiger partial charge on any atom is -0.340 e. The van der Waals surface area contributed by atoms with Gasteiger partial charge in [-0.05, 0) is 30.3 Å². The van der Waals surface area contributed by atoms with Gasteiger partial charge in [-0.3, -0.25) is 0 Å². The average molecular weight is 336 g/mol. The molecule has 0 saturated carbocycles. The summed E-state index contributed by atoms with van der Waals surface area (Å²) in [6, 6.07) is 7.34. The van der Waals surface area contributed by atoms with E-state index in [0.717, 1.165) is 0 Å². The fourth-order valence-electron chi connectivity index (χ4n) is 2.05. The van der Waals surface area contributed by atoms with E-state index in [1.165, 1.54) is 16.8 Å². The maximum atomic E-state index is 12.9. The SMILES string of the molecule is Cc1nc(CS(=O)(=O)Cc2ccn(-c3ccc(F)cc3)n2)no1. The second-order valence-electron chi connectivity index (χ2n) is 4.99. The Morgan fingerprint density at radius 2 is 1.91 bits per heavy atom. The van der Waals surface area contributed by atoms with E-state index >= 15 is 0 Å². The number of nitrogens with zero attached hydrogens (tertiary/aromatic N) is 4. The minimum atomic E-state index is -3.47. The van der Waals surface area contributed by atoms with Crippen LogP contribution in [0.3, 0.4) is 0 Å². The lowest BCUT2D eigenvalue weighted by Crippen LogP contribution is -2.09. The summed E-state index contributed by atoms with van der Waals surface area (Å²) in [6.07, 6.45) is 1.62. The number of hydrogen-bond acceptors (Lipinski definition) is 6. The molecule has 0 atom stereocenters. The monoisotopic (exact) mass is 336 g/mol. The fourth-order valence-corrected chi connectivity index (χ4v) is 3.27. The van der Waals surface area contributed by atoms with Crippen LogP contribution in [0.2, 0.25) is 0 Å². The highest BCUT2D eigenvalue weighted by molar-refractivity contribution is 7.89. The van der Waals surface area contributed by atoms with E-state index in [1.807, 2.05) is 0 Å². The highest BCUT2D eigenvalue weighted by atomic mass is 32.2. The van der Waals surface area contributed by atoms with Crippen LogP contribution in [0, 0.1) is 12.7 Å². The van der Waals surface area contributed by atoms with E-state index in [-0.39, 0.29) is 23.1 Å². The molecule has 0 unspecified atom stereocenters. The molecule has 2 heterocycles. The third-order valence-corrected chi connectivity index (χ3v) is 4.46. The van der Waals surface area contributed by atoms with Crippen molar-refractivity contribution in [3.05, 3.63) is 59.8 Å². The Bertz CT molecular complexity index is 916. The first-order valence-corrected chi connectivity index (χ1v) is 8.53. The van der Waals surface area contributed by atoms with E-state index in [9.17, 15) is 12.8 Å². The van der Waals surface area contributed by atoms with Gasteiger partial charge >= 0.3 is 0 Å². The van der Waals surface area contributed by atoms with Crippen LogP contribution in [0.4, 0.5) is 4.39 Å². The molecule has 7 nitrogen and oxygen atoms in total. The standard InChI is InChI=1S/C14H13FN4O3S/c1-10-16-14(18-22-10)9-23(20,21)8-12-6-7-19(17-12)13-4-2-11(15)3-5-13/h2-7H,8-9H2,1H3. The van der Waals surface area contributed by atoms with E-state index in [2.05, 4.69) is 15.2 Å². The molecule has 3 rings (SSSR count). The molecule has 0 saturated heterocycles. The van der Waals surface area contributed by atoms with E-state index < -0.39 is 9.84 Å². The highest BCUT2D eigenvalue weighted by Gasteiger charge is 2.18. The van der Waals surface area contributed by atoms with Gasteiger partial charge in [0.1, 0.15) is 11.6 Å². The maximum absolute atomic E-state index is 12.9. The molecule has 0 amide bonds. The Morgan fingerprint density at radius 1 is 1.17 bits per heavy atom. The zero-order valence-corrected chi connectivity index (χ0v) is 13.0. The molecule has 0 N–H and O–H groups in total. The van der Waals surface area contributed by atoms with Gasteiger partial charge in [0.05, 0.1) is 17.1 Å². The second-order valence-corrected chi connectivity index (χ2v) is 7.05. The van der Waals surface area contributed by atoms with Gasteiger partial charge < -0.3 is 4.52 Å². The van der Waals surface area contributed by atoms with Crippen molar-refractivity contribution in [2.75, 3.05) is 0 Å². The third kappa shape index (κ3) is 3.81. The molecule has 23 heavy (non-hydrogen) atoms. The molecule has 0 radical (unpaired) electrons. The normalized spacial score (nSPS) is 11.7. The van der Waals surface area contributed by atoms with E-state index in [4.69, 9.17) is 4.52 Å². The first kappa shape index (κ1) is 15.3. The Morgan fingerprint density at radius 3 is 2.57 bits per heavy atom. The van der Waals surface area contributed by atoms with Crippen LogP contribution in [0.25, 0.3) is 5.69 Å². The van der Waals surface area contributed by atoms with Gasteiger partial charge in [-0.25, -0.2) is 17.5 Å². The molecule has 3 aromatic rings. The minimum absolute atomic E-state index is 0.125. The molecular formula is C14H13FN4O3S. The number of rotatable bonds is 5. The number of hydrogen-bond donors (Lipinski definition) is 0. The average Bonchev–Trinajstić information content (AvgIpc) is 3.08. The quantitative estimate of drug-likeness (QED) is 0.706. The maximum Gasteiger partial charge on any atom is 0.223 e. The van der Waals surface area contributed by atoms with Gasteiger partial charge in [-0.15, -0.1) is 0 Å². The second kappa shape index (κ2) is 5.92. The molecule has 0 fully saturated rings. The summed E-state index contributed by atoms with van der Waals surface area (Å²) in [6.45, 7) is 1.59. The molecule has 0 aliphatic heterocycles. The van der Waals surface area contributed by atoms with Crippen LogP contribution >= 0.6 is 0 Å². The molecule has 0 aliphatic rings. The summed E-state index contributed by atoms with van der Waals surface area (Å²) in [7, 11) is -3.47. The van der Waals surface area contributed by atoms with Gasteiger partial charge in [-0.1, -0.05) is 5.16 Å². The molecule has 2 aromatic heterocycles. The zero-order chi connectivity index (χ0) is 16.4. The van der Waals surface area contributed by atoms with Crippen molar-refractivity contribution < 1.29 is 17.3 Å². The summed E-state index contributed by atoms with van der Waals surface area (Å²) < 4.78 is 43.5. The topological polar surface area (TPSA) is 90.9 Å². The Balaban J connectivity index is 1.74. The molecular weight excluding hydrogens is 323 g/mol. The van der Waals surface area contributed by atoms with Gasteiger partial charge in [0.25, 0.3) is 0 Å². The number of sulfone groups is 1. The third-order valence-electron chi connectivity index (χ3n) is 3.02. The van der Waals surface area contributed by atoms with Crippen molar-refractivity contribution in [2.24, 2.45) is 0 Å². The number of benzene rings is 1. The summed E-state index contributed by atoms with van der Waals surface area (Å²) in [4.78, 5) is 3.88. The molecule has 0 spiro atoms. The highest BCUT2D eigenvalue weighted by Crippen LogP contribution is 2.12. The van der Waals surface area contributed by atoms with Gasteiger partial charge in [0.2, 0.25) is 5.89 Å². The largest absolute Gasteiger partial charge is 0.340 e. The molecule has 1 aromatic carbocycles. The molecule has 9 heteroatoms. The lowest BCUT2D eigenvalue weighted by Gasteiger charge is -2.01. The number of aryl methyl sites for hydroxylation is 1. The van der Waals surface area contributed by atoms with Crippen LogP contribution in [-0.2, 0) is 21.3 Å². The lowest BCUT2D eigenvalue weighted by molar-refractivity contribution is 0.388. The number of aromatic nitrogens is 4. The molecule has 0 bridgehead atoms. The zero-order valence-electron chi connectivity index (χ0n) is 12.2. The molecule has 0 aliphatic carbocycles. The van der Waals surface area contributed by atoms with Crippen molar-refractivity contribution >= 4 is 9.84 Å². The Kier molecular flexibility index (Phi) is 3.95. The van der Waals surface area contributed by atoms with Gasteiger partial charge in [-0.2, -0.15) is 10.1 Å². The van der Waals surface area contributed by atoms with E-state index in [1.54, 1.807) is 31.3 Å². The predicted octanol–water partition coefficient (Wildman–Crippen LogP) is 1.82. The van der Waals surface area contributed by atoms with Crippen molar-refractivity contribution in [1.29, 1.82) is 0 Å². The van der Waals surface area contributed by atoms with Crippen molar-refractivity contribution in [1.82, 2.24) is 19.9 Å². The van der Waals surface area contributed by atoms with Gasteiger partial charge in [0.15, 0.2) is 15.7 Å². The number of halogens is 1. The summed E-state index contributed by atoms with van der Waals surface area (Å²) >= 11 is 0. The molecule has 120 valence electrons. The predicted molar refractivity (Wildman–Crippen MR) is 78.9 cm³/mol. The summed E-state index contributed by atoms with van der Waals surface area (Å²) in [5.74, 6) is -0.460. The summed E-state index contributed by atoms with van der Waals surface area (Å²) in [5.41, 5.74) is 1.03. The van der Waals surface area contributed by atoms with Crippen LogP contribution < -0.4 is 0 Å².